The summed E-state index contributed by atoms with van der Waals surface area (Å²) in [6.45, 7) is 1.91. The molecule has 0 aliphatic heterocycles. The minimum absolute atomic E-state index is 0.553. The minimum Gasteiger partial charge on any atom is -0.333 e. The van der Waals surface area contributed by atoms with Gasteiger partial charge in [-0.05, 0) is 13.1 Å². The average Bonchev–Trinajstić information content (AvgIpc) is 2.64. The molecule has 0 saturated heterocycles. The van der Waals surface area contributed by atoms with Gasteiger partial charge < -0.3 is 5.32 Å². The van der Waals surface area contributed by atoms with E-state index in [4.69, 9.17) is 0 Å². The van der Waals surface area contributed by atoms with Crippen LogP contribution < -0.4 is 10.6 Å². The van der Waals surface area contributed by atoms with Crippen LogP contribution in [0.2, 0.25) is 0 Å². The molecular formula is C7H12N6. The Bertz CT molecular complexity index is 286. The molecule has 0 aromatic carbocycles. The lowest BCUT2D eigenvalue weighted by Crippen LogP contribution is -2.26. The molecule has 70 valence electrons. The molecule has 0 aliphatic rings. The van der Waals surface area contributed by atoms with Gasteiger partial charge in [-0.15, -0.1) is 0 Å². The van der Waals surface area contributed by atoms with Gasteiger partial charge in [-0.25, -0.2) is 5.10 Å². The SMILES string of the molecule is C/C=C\NC(=NC)Nc1ncn[nH]1. The van der Waals surface area contributed by atoms with Crippen LogP contribution in [0.5, 0.6) is 0 Å². The van der Waals surface area contributed by atoms with Gasteiger partial charge in [-0.3, -0.25) is 10.3 Å². The summed E-state index contributed by atoms with van der Waals surface area (Å²) in [5.41, 5.74) is 0. The van der Waals surface area contributed by atoms with Crippen molar-refractivity contribution >= 4 is 11.9 Å². The van der Waals surface area contributed by atoms with Gasteiger partial charge in [0.25, 0.3) is 0 Å². The largest absolute Gasteiger partial charge is 0.333 e. The fourth-order valence-corrected chi connectivity index (χ4v) is 0.697. The van der Waals surface area contributed by atoms with Gasteiger partial charge in [-0.2, -0.15) is 10.1 Å². The monoisotopic (exact) mass is 180 g/mol. The predicted octanol–water partition coefficient (Wildman–Crippen LogP) is 0.326. The number of guanidine groups is 1. The fourth-order valence-electron chi connectivity index (χ4n) is 0.697. The molecule has 0 radical (unpaired) electrons. The number of rotatable bonds is 2. The highest BCUT2D eigenvalue weighted by molar-refractivity contribution is 5.92. The van der Waals surface area contributed by atoms with Crippen molar-refractivity contribution < 1.29 is 0 Å². The Labute approximate surface area is 76.2 Å². The van der Waals surface area contributed by atoms with E-state index in [0.717, 1.165) is 0 Å². The summed E-state index contributed by atoms with van der Waals surface area (Å²) >= 11 is 0. The Morgan fingerprint density at radius 3 is 3.08 bits per heavy atom. The van der Waals surface area contributed by atoms with Crippen molar-refractivity contribution in [3.63, 3.8) is 0 Å². The molecular weight excluding hydrogens is 168 g/mol. The first kappa shape index (κ1) is 9.24. The van der Waals surface area contributed by atoms with Crippen LogP contribution in [0.1, 0.15) is 6.92 Å². The molecule has 6 nitrogen and oxygen atoms in total. The van der Waals surface area contributed by atoms with Crippen LogP contribution in [0.3, 0.4) is 0 Å². The Kier molecular flexibility index (Phi) is 3.49. The maximum atomic E-state index is 3.96. The highest BCUT2D eigenvalue weighted by atomic mass is 15.3. The van der Waals surface area contributed by atoms with E-state index < -0.39 is 0 Å². The number of anilines is 1. The van der Waals surface area contributed by atoms with Gasteiger partial charge in [0, 0.05) is 7.05 Å². The second kappa shape index (κ2) is 4.91. The van der Waals surface area contributed by atoms with Crippen LogP contribution >= 0.6 is 0 Å². The second-order valence-corrected chi connectivity index (χ2v) is 2.18. The smallest absolute Gasteiger partial charge is 0.225 e. The van der Waals surface area contributed by atoms with Crippen LogP contribution in [0.15, 0.2) is 23.6 Å². The van der Waals surface area contributed by atoms with Crippen LogP contribution in [0, 0.1) is 0 Å². The number of hydrogen-bond donors (Lipinski definition) is 3. The van der Waals surface area contributed by atoms with Crippen molar-refractivity contribution in [2.75, 3.05) is 12.4 Å². The molecule has 6 heteroatoms. The third kappa shape index (κ3) is 2.94. The maximum absolute atomic E-state index is 3.96. The summed E-state index contributed by atoms with van der Waals surface area (Å²) in [6, 6.07) is 0. The van der Waals surface area contributed by atoms with E-state index in [-0.39, 0.29) is 0 Å². The van der Waals surface area contributed by atoms with Gasteiger partial charge in [0.05, 0.1) is 0 Å². The van der Waals surface area contributed by atoms with E-state index in [1.807, 2.05) is 13.0 Å². The Balaban J connectivity index is 2.51. The summed E-state index contributed by atoms with van der Waals surface area (Å²) in [4.78, 5) is 7.85. The summed E-state index contributed by atoms with van der Waals surface area (Å²) in [7, 11) is 1.68. The third-order valence-corrected chi connectivity index (χ3v) is 1.26. The molecule has 1 rings (SSSR count). The van der Waals surface area contributed by atoms with E-state index in [9.17, 15) is 0 Å². The lowest BCUT2D eigenvalue weighted by atomic mass is 10.7. The molecule has 3 N–H and O–H groups in total. The van der Waals surface area contributed by atoms with Gasteiger partial charge in [0.15, 0.2) is 0 Å². The Morgan fingerprint density at radius 2 is 2.54 bits per heavy atom. The molecule has 13 heavy (non-hydrogen) atoms. The van der Waals surface area contributed by atoms with Gasteiger partial charge >= 0.3 is 0 Å². The molecule has 0 aliphatic carbocycles. The molecule has 1 aromatic rings. The molecule has 1 aromatic heterocycles. The van der Waals surface area contributed by atoms with Crippen molar-refractivity contribution in [3.8, 4) is 0 Å². The number of H-pyrrole nitrogens is 1. The standard InChI is InChI=1S/C7H12N6/c1-3-4-9-6(8-2)12-7-10-5-11-13-7/h3-5H,1-2H3,(H3,8,9,10,11,12,13)/b4-3-. The highest BCUT2D eigenvalue weighted by Gasteiger charge is 1.97. The number of allylic oxidation sites excluding steroid dienone is 1. The summed E-state index contributed by atoms with van der Waals surface area (Å²) in [5, 5.41) is 12.2. The zero-order chi connectivity index (χ0) is 9.52. The molecule has 1 heterocycles. The van der Waals surface area contributed by atoms with Crippen LogP contribution in [-0.2, 0) is 0 Å². The van der Waals surface area contributed by atoms with Gasteiger partial charge in [0.1, 0.15) is 6.33 Å². The number of aromatic nitrogens is 3. The number of aromatic amines is 1. The first-order valence-corrected chi connectivity index (χ1v) is 3.83. The molecule has 0 spiro atoms. The van der Waals surface area contributed by atoms with E-state index in [2.05, 4.69) is 30.8 Å². The predicted molar refractivity (Wildman–Crippen MR) is 51.3 cm³/mol. The van der Waals surface area contributed by atoms with Crippen LogP contribution in [0.4, 0.5) is 5.95 Å². The fraction of sp³-hybridized carbons (Fsp3) is 0.286. The lowest BCUT2D eigenvalue weighted by molar-refractivity contribution is 1.09. The molecule has 0 fully saturated rings. The minimum atomic E-state index is 0.553. The topological polar surface area (TPSA) is 78.0 Å². The normalized spacial score (nSPS) is 12.0. The summed E-state index contributed by atoms with van der Waals surface area (Å²) < 4.78 is 0. The van der Waals surface area contributed by atoms with E-state index in [1.165, 1.54) is 6.33 Å². The highest BCUT2D eigenvalue weighted by Crippen LogP contribution is 1.90. The Hall–Kier alpha value is -1.85. The summed E-state index contributed by atoms with van der Waals surface area (Å²) in [6.07, 6.45) is 5.06. The van der Waals surface area contributed by atoms with Gasteiger partial charge in [0.2, 0.25) is 11.9 Å². The molecule has 0 atom stereocenters. The molecule has 0 bridgehead atoms. The number of aliphatic imine (C=N–C) groups is 1. The van der Waals surface area contributed by atoms with E-state index >= 15 is 0 Å². The zero-order valence-corrected chi connectivity index (χ0v) is 7.57. The van der Waals surface area contributed by atoms with Crippen molar-refractivity contribution in [2.24, 2.45) is 4.99 Å². The summed E-state index contributed by atoms with van der Waals surface area (Å²) in [5.74, 6) is 1.16. The van der Waals surface area contributed by atoms with E-state index in [1.54, 1.807) is 13.2 Å². The molecule has 0 amide bonds. The maximum Gasteiger partial charge on any atom is 0.225 e. The quantitative estimate of drug-likeness (QED) is 0.452. The number of nitrogens with one attached hydrogen (secondary N) is 3. The van der Waals surface area contributed by atoms with Crippen LogP contribution in [-0.4, -0.2) is 28.2 Å². The molecule has 0 unspecified atom stereocenters. The number of nitrogens with zero attached hydrogens (tertiary/aromatic N) is 3. The lowest BCUT2D eigenvalue weighted by Gasteiger charge is -2.04. The average molecular weight is 180 g/mol. The molecule has 0 saturated carbocycles. The van der Waals surface area contributed by atoms with Gasteiger partial charge in [-0.1, -0.05) is 6.08 Å². The zero-order valence-electron chi connectivity index (χ0n) is 7.57. The Morgan fingerprint density at radius 1 is 1.69 bits per heavy atom. The van der Waals surface area contributed by atoms with E-state index in [0.29, 0.717) is 11.9 Å². The first-order valence-electron chi connectivity index (χ1n) is 3.83. The third-order valence-electron chi connectivity index (χ3n) is 1.26. The van der Waals surface area contributed by atoms with Crippen LogP contribution in [0.25, 0.3) is 0 Å². The second-order valence-electron chi connectivity index (χ2n) is 2.18. The van der Waals surface area contributed by atoms with Crippen molar-refractivity contribution in [3.05, 3.63) is 18.6 Å². The van der Waals surface area contributed by atoms with Crippen molar-refractivity contribution in [1.29, 1.82) is 0 Å². The number of hydrogen-bond acceptors (Lipinski definition) is 3. The van der Waals surface area contributed by atoms with Crippen molar-refractivity contribution in [2.45, 2.75) is 6.92 Å². The van der Waals surface area contributed by atoms with Crippen molar-refractivity contribution in [1.82, 2.24) is 20.5 Å². The first-order chi connectivity index (χ1) is 6.36.